The maximum atomic E-state index is 12.2. The standard InChI is InChI=1S/C12H19N3O2S/c1-10-9-11(13)5-6-12(10)14-18(16,17)15-7-3-2-4-8-15/h5-6,9,14H,2-4,7-8,13H2,1H3. The second-order valence-corrected chi connectivity index (χ2v) is 6.31. The van der Waals surface area contributed by atoms with Gasteiger partial charge in [0.1, 0.15) is 0 Å². The smallest absolute Gasteiger partial charge is 0.301 e. The van der Waals surface area contributed by atoms with Crippen molar-refractivity contribution in [2.24, 2.45) is 0 Å². The monoisotopic (exact) mass is 269 g/mol. The SMILES string of the molecule is Cc1cc(N)ccc1NS(=O)(=O)N1CCCCC1. The number of benzene rings is 1. The zero-order valence-electron chi connectivity index (χ0n) is 10.5. The van der Waals surface area contributed by atoms with Gasteiger partial charge in [0, 0.05) is 18.8 Å². The van der Waals surface area contributed by atoms with Gasteiger partial charge in [0.05, 0.1) is 5.69 Å². The first kappa shape index (κ1) is 13.2. The van der Waals surface area contributed by atoms with Crippen LogP contribution in [0, 0.1) is 6.92 Å². The molecule has 3 N–H and O–H groups in total. The van der Waals surface area contributed by atoms with Gasteiger partial charge in [0.15, 0.2) is 0 Å². The molecule has 5 nitrogen and oxygen atoms in total. The number of rotatable bonds is 3. The molecule has 100 valence electrons. The summed E-state index contributed by atoms with van der Waals surface area (Å²) in [6.45, 7) is 3.04. The Balaban J connectivity index is 2.16. The topological polar surface area (TPSA) is 75.4 Å². The van der Waals surface area contributed by atoms with Crippen molar-refractivity contribution in [3.8, 4) is 0 Å². The Bertz CT molecular complexity index is 522. The minimum absolute atomic E-state index is 0.592. The Morgan fingerprint density at radius 3 is 2.50 bits per heavy atom. The number of aryl methyl sites for hydroxylation is 1. The Labute approximate surface area is 108 Å². The molecule has 0 unspecified atom stereocenters. The summed E-state index contributed by atoms with van der Waals surface area (Å²) in [6, 6.07) is 5.15. The number of nitrogen functional groups attached to an aromatic ring is 1. The Kier molecular flexibility index (Phi) is 3.77. The van der Waals surface area contributed by atoms with Crippen LogP contribution in [0.4, 0.5) is 11.4 Å². The molecule has 0 bridgehead atoms. The molecule has 0 spiro atoms. The molecule has 1 aromatic rings. The summed E-state index contributed by atoms with van der Waals surface area (Å²) in [5, 5.41) is 0. The summed E-state index contributed by atoms with van der Waals surface area (Å²) in [5.41, 5.74) is 7.70. The summed E-state index contributed by atoms with van der Waals surface area (Å²) >= 11 is 0. The number of hydrogen-bond donors (Lipinski definition) is 2. The lowest BCUT2D eigenvalue weighted by Gasteiger charge is -2.26. The third-order valence-corrected chi connectivity index (χ3v) is 4.67. The van der Waals surface area contributed by atoms with Gasteiger partial charge in [-0.05, 0) is 43.5 Å². The van der Waals surface area contributed by atoms with Crippen molar-refractivity contribution in [2.75, 3.05) is 23.5 Å². The van der Waals surface area contributed by atoms with Crippen LogP contribution in [0.3, 0.4) is 0 Å². The zero-order valence-corrected chi connectivity index (χ0v) is 11.3. The number of nitrogens with one attached hydrogen (secondary N) is 1. The lowest BCUT2D eigenvalue weighted by atomic mass is 10.2. The lowest BCUT2D eigenvalue weighted by molar-refractivity contribution is 0.349. The van der Waals surface area contributed by atoms with Crippen LogP contribution in [0.15, 0.2) is 18.2 Å². The van der Waals surface area contributed by atoms with E-state index in [1.165, 1.54) is 4.31 Å². The molecule has 0 amide bonds. The van der Waals surface area contributed by atoms with Crippen molar-refractivity contribution in [1.82, 2.24) is 4.31 Å². The molecule has 1 saturated heterocycles. The third-order valence-electron chi connectivity index (χ3n) is 3.14. The van der Waals surface area contributed by atoms with E-state index in [-0.39, 0.29) is 0 Å². The van der Waals surface area contributed by atoms with Crippen LogP contribution < -0.4 is 10.5 Å². The first-order chi connectivity index (χ1) is 8.49. The predicted molar refractivity (Wildman–Crippen MR) is 73.6 cm³/mol. The van der Waals surface area contributed by atoms with E-state index in [1.807, 2.05) is 6.92 Å². The summed E-state index contributed by atoms with van der Waals surface area (Å²) in [4.78, 5) is 0. The van der Waals surface area contributed by atoms with E-state index in [0.717, 1.165) is 24.8 Å². The van der Waals surface area contributed by atoms with Gasteiger partial charge in [-0.1, -0.05) is 6.42 Å². The number of nitrogens with two attached hydrogens (primary N) is 1. The highest BCUT2D eigenvalue weighted by Gasteiger charge is 2.23. The van der Waals surface area contributed by atoms with Gasteiger partial charge < -0.3 is 5.73 Å². The Morgan fingerprint density at radius 1 is 1.22 bits per heavy atom. The van der Waals surface area contributed by atoms with Crippen molar-refractivity contribution in [3.05, 3.63) is 23.8 Å². The molecular weight excluding hydrogens is 250 g/mol. The summed E-state index contributed by atoms with van der Waals surface area (Å²) in [7, 11) is -3.43. The van der Waals surface area contributed by atoms with E-state index >= 15 is 0 Å². The highest BCUT2D eigenvalue weighted by atomic mass is 32.2. The van der Waals surface area contributed by atoms with Crippen LogP contribution in [0.25, 0.3) is 0 Å². The summed E-state index contributed by atoms with van der Waals surface area (Å²) < 4.78 is 28.5. The molecular formula is C12H19N3O2S. The lowest BCUT2D eigenvalue weighted by Crippen LogP contribution is -2.39. The van der Waals surface area contributed by atoms with Crippen molar-refractivity contribution in [2.45, 2.75) is 26.2 Å². The van der Waals surface area contributed by atoms with Crippen molar-refractivity contribution >= 4 is 21.6 Å². The van der Waals surface area contributed by atoms with Gasteiger partial charge in [-0.15, -0.1) is 0 Å². The van der Waals surface area contributed by atoms with Crippen LogP contribution in [0.5, 0.6) is 0 Å². The molecule has 1 fully saturated rings. The minimum atomic E-state index is -3.43. The number of nitrogens with zero attached hydrogens (tertiary/aromatic N) is 1. The highest BCUT2D eigenvalue weighted by molar-refractivity contribution is 7.90. The molecule has 6 heteroatoms. The fraction of sp³-hybridized carbons (Fsp3) is 0.500. The predicted octanol–water partition coefficient (Wildman–Crippen LogP) is 1.72. The van der Waals surface area contributed by atoms with Crippen LogP contribution in [0.2, 0.25) is 0 Å². The molecule has 0 aliphatic carbocycles. The average molecular weight is 269 g/mol. The zero-order chi connectivity index (χ0) is 13.2. The second-order valence-electron chi connectivity index (χ2n) is 4.64. The first-order valence-corrected chi connectivity index (χ1v) is 7.57. The van der Waals surface area contributed by atoms with E-state index in [1.54, 1.807) is 18.2 Å². The average Bonchev–Trinajstić information content (AvgIpc) is 2.34. The van der Waals surface area contributed by atoms with Crippen LogP contribution in [0.1, 0.15) is 24.8 Å². The third kappa shape index (κ3) is 2.94. The quantitative estimate of drug-likeness (QED) is 0.820. The van der Waals surface area contributed by atoms with Crippen molar-refractivity contribution < 1.29 is 8.42 Å². The molecule has 18 heavy (non-hydrogen) atoms. The van der Waals surface area contributed by atoms with E-state index in [9.17, 15) is 8.42 Å². The molecule has 0 saturated carbocycles. The van der Waals surface area contributed by atoms with Crippen LogP contribution >= 0.6 is 0 Å². The van der Waals surface area contributed by atoms with Crippen LogP contribution in [-0.4, -0.2) is 25.8 Å². The van der Waals surface area contributed by atoms with Gasteiger partial charge in [-0.3, -0.25) is 4.72 Å². The maximum absolute atomic E-state index is 12.2. The highest BCUT2D eigenvalue weighted by Crippen LogP contribution is 2.21. The van der Waals surface area contributed by atoms with Gasteiger partial charge in [-0.25, -0.2) is 0 Å². The number of anilines is 2. The fourth-order valence-corrected chi connectivity index (χ4v) is 3.49. The molecule has 1 aromatic carbocycles. The molecule has 0 radical (unpaired) electrons. The Morgan fingerprint density at radius 2 is 1.89 bits per heavy atom. The van der Waals surface area contributed by atoms with Crippen molar-refractivity contribution in [3.63, 3.8) is 0 Å². The number of piperidine rings is 1. The molecule has 1 aliphatic heterocycles. The van der Waals surface area contributed by atoms with E-state index in [4.69, 9.17) is 5.73 Å². The molecule has 0 atom stereocenters. The summed E-state index contributed by atoms with van der Waals surface area (Å²) in [6.07, 6.45) is 2.97. The van der Waals surface area contributed by atoms with E-state index in [2.05, 4.69) is 4.72 Å². The van der Waals surface area contributed by atoms with Crippen LogP contribution in [-0.2, 0) is 10.2 Å². The summed E-state index contributed by atoms with van der Waals surface area (Å²) in [5.74, 6) is 0. The van der Waals surface area contributed by atoms with E-state index in [0.29, 0.717) is 24.5 Å². The molecule has 2 rings (SSSR count). The van der Waals surface area contributed by atoms with Gasteiger partial charge in [-0.2, -0.15) is 12.7 Å². The fourth-order valence-electron chi connectivity index (χ4n) is 2.11. The maximum Gasteiger partial charge on any atom is 0.301 e. The van der Waals surface area contributed by atoms with Crippen molar-refractivity contribution in [1.29, 1.82) is 0 Å². The normalized spacial score (nSPS) is 17.6. The second kappa shape index (κ2) is 5.16. The Hall–Kier alpha value is -1.27. The minimum Gasteiger partial charge on any atom is -0.399 e. The first-order valence-electron chi connectivity index (χ1n) is 6.13. The number of hydrogen-bond acceptors (Lipinski definition) is 3. The molecule has 1 aliphatic rings. The van der Waals surface area contributed by atoms with E-state index < -0.39 is 10.2 Å². The molecule has 0 aromatic heterocycles. The van der Waals surface area contributed by atoms with Gasteiger partial charge >= 0.3 is 10.2 Å². The largest absolute Gasteiger partial charge is 0.399 e. The van der Waals surface area contributed by atoms with Gasteiger partial charge in [0.2, 0.25) is 0 Å². The van der Waals surface area contributed by atoms with Gasteiger partial charge in [0.25, 0.3) is 0 Å². The molecule has 1 heterocycles.